The third-order valence-corrected chi connectivity index (χ3v) is 1.94. The minimum absolute atomic E-state index is 0.0517. The summed E-state index contributed by atoms with van der Waals surface area (Å²) in [5.74, 6) is -0.0517. The van der Waals surface area contributed by atoms with Crippen molar-refractivity contribution in [3.63, 3.8) is 0 Å². The van der Waals surface area contributed by atoms with E-state index in [4.69, 9.17) is 16.6 Å². The van der Waals surface area contributed by atoms with Crippen LogP contribution in [0.5, 0.6) is 0 Å². The molecular weight excluding hydrogens is 144 g/mol. The van der Waals surface area contributed by atoms with Gasteiger partial charge in [0.15, 0.2) is 0 Å². The van der Waals surface area contributed by atoms with Crippen molar-refractivity contribution in [1.82, 2.24) is 0 Å². The molecule has 62 valence electrons. The second kappa shape index (κ2) is 2.25. The minimum Gasteiger partial charge on any atom is -0.511 e. The molecule has 4 nitrogen and oxygen atoms in total. The van der Waals surface area contributed by atoms with Crippen LogP contribution in [-0.2, 0) is 0 Å². The SMILES string of the molecule is CC1(O)C(N)=CC=C(O)C1N. The molecule has 0 aliphatic heterocycles. The second-order valence-corrected chi connectivity index (χ2v) is 2.84. The molecule has 2 unspecified atom stereocenters. The Kier molecular flexibility index (Phi) is 1.66. The van der Waals surface area contributed by atoms with Crippen molar-refractivity contribution in [2.45, 2.75) is 18.6 Å². The van der Waals surface area contributed by atoms with E-state index in [9.17, 15) is 5.11 Å². The first-order valence-corrected chi connectivity index (χ1v) is 3.31. The molecule has 0 saturated heterocycles. The van der Waals surface area contributed by atoms with Gasteiger partial charge in [-0.1, -0.05) is 0 Å². The highest BCUT2D eigenvalue weighted by atomic mass is 16.3. The summed E-state index contributed by atoms with van der Waals surface area (Å²) in [6, 6.07) is -0.826. The van der Waals surface area contributed by atoms with Crippen molar-refractivity contribution in [3.05, 3.63) is 23.6 Å². The first kappa shape index (κ1) is 8.10. The Hall–Kier alpha value is -1.00. The molecule has 0 fully saturated rings. The van der Waals surface area contributed by atoms with Crippen LogP contribution in [0.2, 0.25) is 0 Å². The van der Waals surface area contributed by atoms with E-state index in [-0.39, 0.29) is 11.5 Å². The van der Waals surface area contributed by atoms with E-state index in [0.29, 0.717) is 0 Å². The first-order chi connectivity index (χ1) is 4.96. The van der Waals surface area contributed by atoms with Crippen LogP contribution in [0.15, 0.2) is 23.6 Å². The Morgan fingerprint density at radius 3 is 2.55 bits per heavy atom. The van der Waals surface area contributed by atoms with E-state index >= 15 is 0 Å². The molecule has 2 atom stereocenters. The molecule has 0 amide bonds. The third-order valence-electron chi connectivity index (χ3n) is 1.94. The number of aliphatic hydroxyl groups excluding tert-OH is 1. The van der Waals surface area contributed by atoms with Gasteiger partial charge in [-0.15, -0.1) is 0 Å². The summed E-state index contributed by atoms with van der Waals surface area (Å²) < 4.78 is 0. The van der Waals surface area contributed by atoms with Crippen molar-refractivity contribution in [3.8, 4) is 0 Å². The van der Waals surface area contributed by atoms with Gasteiger partial charge in [0, 0.05) is 5.70 Å². The van der Waals surface area contributed by atoms with Crippen LogP contribution in [0.25, 0.3) is 0 Å². The van der Waals surface area contributed by atoms with E-state index in [1.165, 1.54) is 19.1 Å². The maximum Gasteiger partial charge on any atom is 0.123 e. The quantitative estimate of drug-likeness (QED) is 0.375. The van der Waals surface area contributed by atoms with Gasteiger partial charge in [0.05, 0.1) is 6.04 Å². The molecule has 0 bridgehead atoms. The zero-order chi connectivity index (χ0) is 8.65. The Bertz CT molecular complexity index is 231. The van der Waals surface area contributed by atoms with Crippen LogP contribution >= 0.6 is 0 Å². The molecule has 0 heterocycles. The van der Waals surface area contributed by atoms with Crippen LogP contribution in [-0.4, -0.2) is 21.9 Å². The van der Waals surface area contributed by atoms with Gasteiger partial charge in [-0.25, -0.2) is 0 Å². The van der Waals surface area contributed by atoms with E-state index in [1.54, 1.807) is 0 Å². The molecule has 0 radical (unpaired) electrons. The van der Waals surface area contributed by atoms with E-state index in [2.05, 4.69) is 0 Å². The zero-order valence-corrected chi connectivity index (χ0v) is 6.28. The van der Waals surface area contributed by atoms with Crippen molar-refractivity contribution in [1.29, 1.82) is 0 Å². The summed E-state index contributed by atoms with van der Waals surface area (Å²) >= 11 is 0. The number of nitrogens with two attached hydrogens (primary N) is 2. The smallest absolute Gasteiger partial charge is 0.123 e. The van der Waals surface area contributed by atoms with Crippen molar-refractivity contribution < 1.29 is 10.2 Å². The monoisotopic (exact) mass is 156 g/mol. The molecule has 11 heavy (non-hydrogen) atoms. The van der Waals surface area contributed by atoms with Crippen molar-refractivity contribution >= 4 is 0 Å². The lowest BCUT2D eigenvalue weighted by molar-refractivity contribution is 0.0631. The molecule has 0 spiro atoms. The predicted molar refractivity (Wildman–Crippen MR) is 41.6 cm³/mol. The van der Waals surface area contributed by atoms with Crippen molar-refractivity contribution in [2.75, 3.05) is 0 Å². The second-order valence-electron chi connectivity index (χ2n) is 2.84. The van der Waals surface area contributed by atoms with Crippen molar-refractivity contribution in [2.24, 2.45) is 11.5 Å². The lowest BCUT2D eigenvalue weighted by Crippen LogP contribution is -2.51. The van der Waals surface area contributed by atoms with Gasteiger partial charge in [-0.05, 0) is 19.1 Å². The lowest BCUT2D eigenvalue weighted by atomic mass is 9.88. The van der Waals surface area contributed by atoms with Crippen LogP contribution in [0.4, 0.5) is 0 Å². The largest absolute Gasteiger partial charge is 0.511 e. The highest BCUT2D eigenvalue weighted by molar-refractivity contribution is 5.32. The summed E-state index contributed by atoms with van der Waals surface area (Å²) in [5, 5.41) is 18.7. The molecule has 0 saturated carbocycles. The van der Waals surface area contributed by atoms with Crippen LogP contribution in [0.1, 0.15) is 6.92 Å². The summed E-state index contributed by atoms with van der Waals surface area (Å²) in [7, 11) is 0. The standard InChI is InChI=1S/C7H12N2O2/c1-7(11)5(8)3-2-4(10)6(7)9/h2-3,6,10-11H,8-9H2,1H3. The Labute approximate surface area is 64.8 Å². The van der Waals surface area contributed by atoms with E-state index in [1.807, 2.05) is 0 Å². The minimum atomic E-state index is -1.33. The molecule has 1 aliphatic carbocycles. The Morgan fingerprint density at radius 2 is 2.09 bits per heavy atom. The number of hydrogen-bond donors (Lipinski definition) is 4. The maximum atomic E-state index is 9.56. The van der Waals surface area contributed by atoms with Crippen LogP contribution < -0.4 is 11.5 Å². The van der Waals surface area contributed by atoms with Gasteiger partial charge in [0.1, 0.15) is 11.4 Å². The molecule has 6 N–H and O–H groups in total. The number of aliphatic hydroxyl groups is 2. The molecule has 1 aliphatic rings. The first-order valence-electron chi connectivity index (χ1n) is 3.31. The highest BCUT2D eigenvalue weighted by Gasteiger charge is 2.36. The van der Waals surface area contributed by atoms with Gasteiger partial charge in [0.25, 0.3) is 0 Å². The van der Waals surface area contributed by atoms with Gasteiger partial charge >= 0.3 is 0 Å². The molecule has 0 aromatic carbocycles. The van der Waals surface area contributed by atoms with Crippen LogP contribution in [0, 0.1) is 0 Å². The van der Waals surface area contributed by atoms with Crippen LogP contribution in [0.3, 0.4) is 0 Å². The average Bonchev–Trinajstić information content (AvgIpc) is 1.95. The summed E-state index contributed by atoms with van der Waals surface area (Å²) in [6.07, 6.45) is 2.83. The zero-order valence-electron chi connectivity index (χ0n) is 6.28. The average molecular weight is 156 g/mol. The summed E-state index contributed by atoms with van der Waals surface area (Å²) in [5.41, 5.74) is 9.83. The van der Waals surface area contributed by atoms with Gasteiger partial charge in [-0.2, -0.15) is 0 Å². The fourth-order valence-electron chi connectivity index (χ4n) is 0.915. The lowest BCUT2D eigenvalue weighted by Gasteiger charge is -2.32. The number of rotatable bonds is 0. The van der Waals surface area contributed by atoms with Gasteiger partial charge in [-0.3, -0.25) is 0 Å². The maximum absolute atomic E-state index is 9.56. The highest BCUT2D eigenvalue weighted by Crippen LogP contribution is 2.23. The Balaban J connectivity index is 3.03. The predicted octanol–water partition coefficient (Wildman–Crippen LogP) is -0.637. The Morgan fingerprint density at radius 1 is 1.55 bits per heavy atom. The van der Waals surface area contributed by atoms with E-state index < -0.39 is 11.6 Å². The molecule has 1 rings (SSSR count). The third kappa shape index (κ3) is 1.10. The van der Waals surface area contributed by atoms with Gasteiger partial charge < -0.3 is 21.7 Å². The molecule has 0 aromatic rings. The fourth-order valence-corrected chi connectivity index (χ4v) is 0.915. The number of hydrogen-bond acceptors (Lipinski definition) is 4. The molecule has 0 aromatic heterocycles. The molecular formula is C7H12N2O2. The topological polar surface area (TPSA) is 92.5 Å². The summed E-state index contributed by atoms with van der Waals surface area (Å²) in [4.78, 5) is 0. The van der Waals surface area contributed by atoms with Gasteiger partial charge in [0.2, 0.25) is 0 Å². The summed E-state index contributed by atoms with van der Waals surface area (Å²) in [6.45, 7) is 1.46. The number of allylic oxidation sites excluding steroid dienone is 2. The fraction of sp³-hybridized carbons (Fsp3) is 0.429. The normalized spacial score (nSPS) is 37.9. The van der Waals surface area contributed by atoms with E-state index in [0.717, 1.165) is 0 Å². The molecule has 4 heteroatoms.